The van der Waals surface area contributed by atoms with Gasteiger partial charge >= 0.3 is 17.9 Å². The van der Waals surface area contributed by atoms with Crippen molar-refractivity contribution in [2.75, 3.05) is 6.61 Å². The number of esters is 3. The van der Waals surface area contributed by atoms with Crippen LogP contribution < -0.4 is 0 Å². The molecule has 8 nitrogen and oxygen atoms in total. The fraction of sp³-hybridized carbons (Fsp3) is 0.821. The largest absolute Gasteiger partial charge is 0.465 e. The van der Waals surface area contributed by atoms with Crippen LogP contribution >= 0.6 is 0 Å². The molecule has 0 radical (unpaired) electrons. The van der Waals surface area contributed by atoms with Crippen molar-refractivity contribution in [1.29, 1.82) is 0 Å². The van der Waals surface area contributed by atoms with Crippen molar-refractivity contribution in [2.24, 2.45) is 50.2 Å². The number of hydrogen-bond acceptors (Lipinski definition) is 8. The quantitative estimate of drug-likeness (QED) is 0.145. The first-order chi connectivity index (χ1) is 21.6. The van der Waals surface area contributed by atoms with E-state index in [-0.39, 0.29) is 40.3 Å². The molecule has 5 rings (SSSR count). The number of fused-ring (bicyclic) bond motifs is 7. The predicted octanol–water partition coefficient (Wildman–Crippen LogP) is 6.71. The van der Waals surface area contributed by atoms with Gasteiger partial charge in [-0.1, -0.05) is 66.2 Å². The fourth-order valence-corrected chi connectivity index (χ4v) is 11.9. The Morgan fingerprint density at radius 3 is 2.15 bits per heavy atom. The molecule has 0 aromatic carbocycles. The Labute approximate surface area is 282 Å². The SMILES string of the molecule is C/C=C(/C)C(=O)OC1C(O)C(C)(C)C[C@H]2C3=CC[C@@H]4[C@@]5(C)CCC(O)C(C)(C)[C@@H]5CC[C@@]4(C)[C@]3(C)CC(OC(C)=O)[C@@]12COC(C)=O. The molecule has 0 aromatic heterocycles. The molecule has 4 fully saturated rings. The summed E-state index contributed by atoms with van der Waals surface area (Å²) in [4.78, 5) is 38.9. The Balaban J connectivity index is 1.72. The summed E-state index contributed by atoms with van der Waals surface area (Å²) < 4.78 is 18.4. The lowest BCUT2D eigenvalue weighted by Gasteiger charge is -2.72. The zero-order chi connectivity index (χ0) is 35.1. The van der Waals surface area contributed by atoms with Crippen LogP contribution in [0.2, 0.25) is 0 Å². The summed E-state index contributed by atoms with van der Waals surface area (Å²) in [5, 5.41) is 23.1. The molecule has 0 aliphatic heterocycles. The zero-order valence-corrected chi connectivity index (χ0v) is 30.7. The second-order valence-corrected chi connectivity index (χ2v) is 17.9. The van der Waals surface area contributed by atoms with E-state index in [9.17, 15) is 24.6 Å². The van der Waals surface area contributed by atoms with Crippen LogP contribution in [0.5, 0.6) is 0 Å². The third-order valence-corrected chi connectivity index (χ3v) is 14.9. The average molecular weight is 657 g/mol. The first kappa shape index (κ1) is 36.1. The lowest BCUT2D eigenvalue weighted by molar-refractivity contribution is -0.267. The van der Waals surface area contributed by atoms with Crippen molar-refractivity contribution in [2.45, 2.75) is 146 Å². The van der Waals surface area contributed by atoms with E-state index >= 15 is 0 Å². The van der Waals surface area contributed by atoms with Gasteiger partial charge in [-0.15, -0.1) is 0 Å². The lowest BCUT2D eigenvalue weighted by atomic mass is 9.33. The van der Waals surface area contributed by atoms with E-state index in [1.54, 1.807) is 19.9 Å². The van der Waals surface area contributed by atoms with Crippen molar-refractivity contribution in [3.05, 3.63) is 23.3 Å². The molecule has 47 heavy (non-hydrogen) atoms. The van der Waals surface area contributed by atoms with E-state index in [1.807, 2.05) is 13.8 Å². The van der Waals surface area contributed by atoms with E-state index in [1.165, 1.54) is 19.4 Å². The molecule has 0 saturated heterocycles. The fourth-order valence-electron chi connectivity index (χ4n) is 11.9. The predicted molar refractivity (Wildman–Crippen MR) is 179 cm³/mol. The second-order valence-electron chi connectivity index (χ2n) is 17.9. The maximum absolute atomic E-state index is 13.5. The number of rotatable bonds is 5. The van der Waals surface area contributed by atoms with Gasteiger partial charge in [0.15, 0.2) is 0 Å². The molecule has 0 spiro atoms. The van der Waals surface area contributed by atoms with Gasteiger partial charge in [-0.3, -0.25) is 9.59 Å². The van der Waals surface area contributed by atoms with Gasteiger partial charge in [0.25, 0.3) is 0 Å². The number of hydrogen-bond donors (Lipinski definition) is 2. The van der Waals surface area contributed by atoms with Gasteiger partial charge in [-0.05, 0) is 104 Å². The Morgan fingerprint density at radius 1 is 0.894 bits per heavy atom. The van der Waals surface area contributed by atoms with Gasteiger partial charge in [0.05, 0.1) is 17.6 Å². The normalized spacial score (nSPS) is 45.2. The van der Waals surface area contributed by atoms with E-state index in [0.29, 0.717) is 30.3 Å². The van der Waals surface area contributed by atoms with Gasteiger partial charge in [-0.2, -0.15) is 0 Å². The smallest absolute Gasteiger partial charge is 0.333 e. The van der Waals surface area contributed by atoms with Crippen LogP contribution in [0.3, 0.4) is 0 Å². The minimum absolute atomic E-state index is 0.0219. The minimum atomic E-state index is -1.19. The first-order valence-corrected chi connectivity index (χ1v) is 17.8. The molecule has 0 heterocycles. The molecule has 0 amide bonds. The molecular formula is C39H60O8. The van der Waals surface area contributed by atoms with Crippen molar-refractivity contribution in [1.82, 2.24) is 0 Å². The van der Waals surface area contributed by atoms with Crippen molar-refractivity contribution < 1.29 is 38.8 Å². The van der Waals surface area contributed by atoms with E-state index in [4.69, 9.17) is 14.2 Å². The number of aliphatic hydroxyl groups excluding tert-OH is 2. The van der Waals surface area contributed by atoms with Gasteiger partial charge in [-0.25, -0.2) is 4.79 Å². The Morgan fingerprint density at radius 2 is 1.55 bits per heavy atom. The van der Waals surface area contributed by atoms with Gasteiger partial charge in [0.2, 0.25) is 0 Å². The molecular weight excluding hydrogens is 596 g/mol. The summed E-state index contributed by atoms with van der Waals surface area (Å²) in [5.41, 5.74) is -0.909. The molecule has 264 valence electrons. The summed E-state index contributed by atoms with van der Waals surface area (Å²) in [6, 6.07) is 0. The van der Waals surface area contributed by atoms with Crippen molar-refractivity contribution >= 4 is 17.9 Å². The summed E-state index contributed by atoms with van der Waals surface area (Å²) in [7, 11) is 0. The van der Waals surface area contributed by atoms with Crippen LogP contribution in [-0.4, -0.2) is 59.1 Å². The number of carbonyl (C=O) groups excluding carboxylic acids is 3. The van der Waals surface area contributed by atoms with Gasteiger partial charge in [0.1, 0.15) is 18.8 Å². The number of ether oxygens (including phenoxy) is 3. The summed E-state index contributed by atoms with van der Waals surface area (Å²) >= 11 is 0. The molecule has 11 atom stereocenters. The molecule has 4 unspecified atom stereocenters. The van der Waals surface area contributed by atoms with Crippen molar-refractivity contribution in [3.63, 3.8) is 0 Å². The summed E-state index contributed by atoms with van der Waals surface area (Å²) in [6.45, 7) is 21.7. The van der Waals surface area contributed by atoms with E-state index < -0.39 is 47.0 Å². The van der Waals surface area contributed by atoms with Crippen LogP contribution in [-0.2, 0) is 28.6 Å². The topological polar surface area (TPSA) is 119 Å². The molecule has 4 saturated carbocycles. The number of aliphatic hydroxyl groups is 2. The summed E-state index contributed by atoms with van der Waals surface area (Å²) in [5.74, 6) is -1.06. The standard InChI is InChI=1S/C39H60O8/c1-12-22(2)33(44)47-32-31(43)34(5,6)19-26-25-13-14-28-36(9)17-16-29(42)35(7,8)27(36)15-18-37(28,10)38(25,11)20-30(46-24(4)41)39(26,32)21-45-23(3)40/h12-13,26-32,42-43H,14-21H2,1-11H3/b22-12-/t26-,27-,28+,29?,30?,31?,32?,36-,37+,38+,39-/m0/s1. The van der Waals surface area contributed by atoms with Gasteiger partial charge < -0.3 is 24.4 Å². The van der Waals surface area contributed by atoms with Crippen LogP contribution in [0, 0.1) is 50.2 Å². The molecule has 0 bridgehead atoms. The third-order valence-electron chi connectivity index (χ3n) is 14.9. The van der Waals surface area contributed by atoms with E-state index in [0.717, 1.165) is 32.1 Å². The maximum Gasteiger partial charge on any atom is 0.333 e. The Bertz CT molecular complexity index is 1360. The molecule has 5 aliphatic rings. The third kappa shape index (κ3) is 5.16. The molecule has 2 N–H and O–H groups in total. The zero-order valence-electron chi connectivity index (χ0n) is 30.7. The molecule has 5 aliphatic carbocycles. The lowest BCUT2D eigenvalue weighted by Crippen LogP contribution is -2.72. The highest BCUT2D eigenvalue weighted by Gasteiger charge is 2.74. The molecule has 0 aromatic rings. The second kappa shape index (κ2) is 11.7. The monoisotopic (exact) mass is 656 g/mol. The van der Waals surface area contributed by atoms with Crippen LogP contribution in [0.1, 0.15) is 121 Å². The van der Waals surface area contributed by atoms with Crippen LogP contribution in [0.4, 0.5) is 0 Å². The van der Waals surface area contributed by atoms with Gasteiger partial charge in [0, 0.05) is 19.4 Å². The van der Waals surface area contributed by atoms with Crippen LogP contribution in [0.25, 0.3) is 0 Å². The van der Waals surface area contributed by atoms with Crippen molar-refractivity contribution in [3.8, 4) is 0 Å². The van der Waals surface area contributed by atoms with E-state index in [2.05, 4.69) is 40.7 Å². The number of carbonyl (C=O) groups is 3. The average Bonchev–Trinajstić information content (AvgIpc) is 2.96. The highest BCUT2D eigenvalue weighted by molar-refractivity contribution is 5.87. The highest BCUT2D eigenvalue weighted by atomic mass is 16.6. The summed E-state index contributed by atoms with van der Waals surface area (Å²) in [6.07, 6.45) is 6.42. The van der Waals surface area contributed by atoms with Crippen LogP contribution in [0.15, 0.2) is 23.3 Å². The Kier molecular flexibility index (Phi) is 8.99. The minimum Gasteiger partial charge on any atom is -0.465 e. The Hall–Kier alpha value is -2.19. The first-order valence-electron chi connectivity index (χ1n) is 17.8. The number of allylic oxidation sites excluding steroid dienone is 3. The molecule has 8 heteroatoms. The highest BCUT2D eigenvalue weighted by Crippen LogP contribution is 2.76. The maximum atomic E-state index is 13.5.